The van der Waals surface area contributed by atoms with Gasteiger partial charge in [-0.05, 0) is 30.5 Å². The topological polar surface area (TPSA) is 57.6 Å². The SMILES string of the molecule is CC(=O)N1c2ccc(CC(=O)O)cc2CC1C. The van der Waals surface area contributed by atoms with Crippen molar-refractivity contribution >= 4 is 17.6 Å². The van der Waals surface area contributed by atoms with Gasteiger partial charge in [-0.25, -0.2) is 0 Å². The Labute approximate surface area is 99.9 Å². The molecule has 0 radical (unpaired) electrons. The molecule has 0 saturated carbocycles. The summed E-state index contributed by atoms with van der Waals surface area (Å²) in [7, 11) is 0. The summed E-state index contributed by atoms with van der Waals surface area (Å²) in [4.78, 5) is 23.9. The summed E-state index contributed by atoms with van der Waals surface area (Å²) < 4.78 is 0. The second-order valence-electron chi connectivity index (χ2n) is 4.48. The molecule has 1 aromatic rings. The van der Waals surface area contributed by atoms with E-state index in [9.17, 15) is 9.59 Å². The zero-order valence-electron chi connectivity index (χ0n) is 9.93. The number of anilines is 1. The van der Waals surface area contributed by atoms with E-state index in [0.29, 0.717) is 0 Å². The molecule has 1 unspecified atom stereocenters. The van der Waals surface area contributed by atoms with Gasteiger partial charge in [0.15, 0.2) is 0 Å². The second kappa shape index (κ2) is 4.20. The molecule has 1 N–H and O–H groups in total. The van der Waals surface area contributed by atoms with Crippen LogP contribution in [0.15, 0.2) is 18.2 Å². The normalized spacial score (nSPS) is 18.0. The molecule has 4 heteroatoms. The minimum absolute atomic E-state index is 0.0295. The van der Waals surface area contributed by atoms with Gasteiger partial charge < -0.3 is 10.0 Å². The van der Waals surface area contributed by atoms with Crippen LogP contribution in [0.4, 0.5) is 5.69 Å². The minimum atomic E-state index is -0.834. The zero-order valence-corrected chi connectivity index (χ0v) is 9.93. The zero-order chi connectivity index (χ0) is 12.6. The maximum Gasteiger partial charge on any atom is 0.307 e. The first kappa shape index (κ1) is 11.6. The predicted octanol–water partition coefficient (Wildman–Crippen LogP) is 1.61. The molecule has 1 atom stereocenters. The number of amides is 1. The van der Waals surface area contributed by atoms with E-state index in [1.807, 2.05) is 19.1 Å². The third-order valence-corrected chi connectivity index (χ3v) is 3.05. The van der Waals surface area contributed by atoms with Crippen molar-refractivity contribution < 1.29 is 14.7 Å². The van der Waals surface area contributed by atoms with E-state index < -0.39 is 5.97 Å². The molecular formula is C13H15NO3. The maximum atomic E-state index is 11.5. The van der Waals surface area contributed by atoms with Crippen LogP contribution in [-0.4, -0.2) is 23.0 Å². The number of hydrogen-bond donors (Lipinski definition) is 1. The van der Waals surface area contributed by atoms with Gasteiger partial charge in [0.05, 0.1) is 6.42 Å². The molecule has 1 heterocycles. The molecule has 1 amide bonds. The first-order chi connectivity index (χ1) is 7.99. The van der Waals surface area contributed by atoms with E-state index >= 15 is 0 Å². The van der Waals surface area contributed by atoms with Gasteiger partial charge in [0.25, 0.3) is 0 Å². The lowest BCUT2D eigenvalue weighted by molar-refractivity contribution is -0.136. The number of aliphatic carboxylic acids is 1. The standard InChI is InChI=1S/C13H15NO3/c1-8-5-11-6-10(7-13(16)17)3-4-12(11)14(8)9(2)15/h3-4,6,8H,5,7H2,1-2H3,(H,16,17). The predicted molar refractivity (Wildman–Crippen MR) is 64.1 cm³/mol. The Morgan fingerprint density at radius 3 is 2.76 bits per heavy atom. The summed E-state index contributed by atoms with van der Waals surface area (Å²) in [6.07, 6.45) is 0.824. The van der Waals surface area contributed by atoms with Crippen LogP contribution in [0.2, 0.25) is 0 Å². The summed E-state index contributed by atoms with van der Waals surface area (Å²) >= 11 is 0. The fourth-order valence-corrected chi connectivity index (χ4v) is 2.45. The average molecular weight is 233 g/mol. The van der Waals surface area contributed by atoms with Crippen molar-refractivity contribution in [3.05, 3.63) is 29.3 Å². The molecular weight excluding hydrogens is 218 g/mol. The second-order valence-corrected chi connectivity index (χ2v) is 4.48. The van der Waals surface area contributed by atoms with E-state index in [0.717, 1.165) is 23.2 Å². The average Bonchev–Trinajstić information content (AvgIpc) is 2.51. The van der Waals surface area contributed by atoms with Crippen LogP contribution in [0.3, 0.4) is 0 Å². The number of carboxylic acids is 1. The van der Waals surface area contributed by atoms with Crippen molar-refractivity contribution in [2.45, 2.75) is 32.7 Å². The van der Waals surface area contributed by atoms with E-state index in [-0.39, 0.29) is 18.4 Å². The van der Waals surface area contributed by atoms with Gasteiger partial charge in [-0.3, -0.25) is 9.59 Å². The summed E-state index contributed by atoms with van der Waals surface area (Å²) in [5, 5.41) is 8.74. The van der Waals surface area contributed by atoms with Crippen LogP contribution in [0.25, 0.3) is 0 Å². The number of benzene rings is 1. The Hall–Kier alpha value is -1.84. The fraction of sp³-hybridized carbons (Fsp3) is 0.385. The lowest BCUT2D eigenvalue weighted by atomic mass is 10.1. The molecule has 1 aromatic carbocycles. The third kappa shape index (κ3) is 2.16. The van der Waals surface area contributed by atoms with Gasteiger partial charge in [0.1, 0.15) is 0 Å². The number of nitrogens with zero attached hydrogens (tertiary/aromatic N) is 1. The number of carbonyl (C=O) groups is 2. The molecule has 4 nitrogen and oxygen atoms in total. The van der Waals surface area contributed by atoms with Crippen LogP contribution >= 0.6 is 0 Å². The molecule has 90 valence electrons. The van der Waals surface area contributed by atoms with Crippen LogP contribution in [0.1, 0.15) is 25.0 Å². The first-order valence-corrected chi connectivity index (χ1v) is 5.62. The lowest BCUT2D eigenvalue weighted by Crippen LogP contribution is -2.33. The van der Waals surface area contributed by atoms with Gasteiger partial charge in [-0.2, -0.15) is 0 Å². The van der Waals surface area contributed by atoms with Gasteiger partial charge in [-0.15, -0.1) is 0 Å². The highest BCUT2D eigenvalue weighted by Gasteiger charge is 2.28. The largest absolute Gasteiger partial charge is 0.481 e. The monoisotopic (exact) mass is 233 g/mol. The molecule has 0 fully saturated rings. The van der Waals surface area contributed by atoms with Gasteiger partial charge >= 0.3 is 5.97 Å². The van der Waals surface area contributed by atoms with E-state index in [1.165, 1.54) is 0 Å². The highest BCUT2D eigenvalue weighted by atomic mass is 16.4. The molecule has 0 aromatic heterocycles. The first-order valence-electron chi connectivity index (χ1n) is 5.62. The van der Waals surface area contributed by atoms with Crippen molar-refractivity contribution in [1.82, 2.24) is 0 Å². The van der Waals surface area contributed by atoms with E-state index in [4.69, 9.17) is 5.11 Å². The van der Waals surface area contributed by atoms with Gasteiger partial charge in [0, 0.05) is 18.7 Å². The molecule has 0 bridgehead atoms. The van der Waals surface area contributed by atoms with Gasteiger partial charge in [-0.1, -0.05) is 12.1 Å². The van der Waals surface area contributed by atoms with Crippen molar-refractivity contribution in [1.29, 1.82) is 0 Å². The Morgan fingerprint density at radius 2 is 2.18 bits per heavy atom. The Morgan fingerprint density at radius 1 is 1.47 bits per heavy atom. The highest BCUT2D eigenvalue weighted by molar-refractivity contribution is 5.94. The summed E-state index contributed by atoms with van der Waals surface area (Å²) in [6.45, 7) is 3.55. The molecule has 2 rings (SSSR count). The number of carboxylic acid groups (broad SMARTS) is 1. The lowest BCUT2D eigenvalue weighted by Gasteiger charge is -2.20. The Kier molecular flexibility index (Phi) is 2.88. The fourth-order valence-electron chi connectivity index (χ4n) is 2.45. The summed E-state index contributed by atoms with van der Waals surface area (Å²) in [6, 6.07) is 5.67. The number of fused-ring (bicyclic) bond motifs is 1. The Bertz CT molecular complexity index is 482. The molecule has 1 aliphatic rings. The number of carbonyl (C=O) groups excluding carboxylic acids is 1. The highest BCUT2D eigenvalue weighted by Crippen LogP contribution is 2.32. The van der Waals surface area contributed by atoms with Crippen molar-refractivity contribution in [3.63, 3.8) is 0 Å². The van der Waals surface area contributed by atoms with Crippen molar-refractivity contribution in [2.24, 2.45) is 0 Å². The summed E-state index contributed by atoms with van der Waals surface area (Å²) in [5.74, 6) is -0.804. The smallest absolute Gasteiger partial charge is 0.307 e. The minimum Gasteiger partial charge on any atom is -0.481 e. The third-order valence-electron chi connectivity index (χ3n) is 3.05. The van der Waals surface area contributed by atoms with E-state index in [1.54, 1.807) is 17.9 Å². The van der Waals surface area contributed by atoms with Crippen molar-refractivity contribution in [2.75, 3.05) is 4.90 Å². The molecule has 0 saturated heterocycles. The van der Waals surface area contributed by atoms with Crippen LogP contribution in [-0.2, 0) is 22.4 Å². The van der Waals surface area contributed by atoms with Crippen LogP contribution in [0, 0.1) is 0 Å². The quantitative estimate of drug-likeness (QED) is 0.844. The van der Waals surface area contributed by atoms with Crippen molar-refractivity contribution in [3.8, 4) is 0 Å². The van der Waals surface area contributed by atoms with E-state index in [2.05, 4.69) is 0 Å². The maximum absolute atomic E-state index is 11.5. The molecule has 1 aliphatic heterocycles. The van der Waals surface area contributed by atoms with Crippen LogP contribution < -0.4 is 4.90 Å². The van der Waals surface area contributed by atoms with Crippen LogP contribution in [0.5, 0.6) is 0 Å². The van der Waals surface area contributed by atoms with Gasteiger partial charge in [0.2, 0.25) is 5.91 Å². The molecule has 0 spiro atoms. The molecule has 17 heavy (non-hydrogen) atoms. The molecule has 0 aliphatic carbocycles. The summed E-state index contributed by atoms with van der Waals surface area (Å²) in [5.41, 5.74) is 2.76. The number of rotatable bonds is 2. The Balaban J connectivity index is 2.34. The number of hydrogen-bond acceptors (Lipinski definition) is 2.